The zero-order chi connectivity index (χ0) is 30.7. The van der Waals surface area contributed by atoms with Crippen LogP contribution in [0.25, 0.3) is 0 Å². The minimum atomic E-state index is -0.931. The normalized spacial score (nSPS) is 18.2. The Morgan fingerprint density at radius 2 is 1.24 bits per heavy atom. The predicted octanol–water partition coefficient (Wildman–Crippen LogP) is 4.16. The van der Waals surface area contributed by atoms with Crippen molar-refractivity contribution in [2.24, 2.45) is 11.8 Å². The lowest BCUT2D eigenvalue weighted by atomic mass is 9.93. The molecule has 3 rings (SSSR count). The highest BCUT2D eigenvalue weighted by Gasteiger charge is 2.50. The Labute approximate surface area is 250 Å². The molecule has 228 valence electrons. The van der Waals surface area contributed by atoms with Crippen molar-refractivity contribution in [1.82, 2.24) is 16.0 Å². The van der Waals surface area contributed by atoms with E-state index in [4.69, 9.17) is 4.74 Å². The molecule has 1 saturated heterocycles. The highest BCUT2D eigenvalue weighted by molar-refractivity contribution is 5.98. The van der Waals surface area contributed by atoms with Crippen molar-refractivity contribution in [3.63, 3.8) is 0 Å². The summed E-state index contributed by atoms with van der Waals surface area (Å²) in [5.41, 5.74) is 1.15. The van der Waals surface area contributed by atoms with Crippen LogP contribution in [0.15, 0.2) is 60.7 Å². The molecule has 0 bridgehead atoms. The molecule has 1 aliphatic heterocycles. The largest absolute Gasteiger partial charge is 0.361 e. The van der Waals surface area contributed by atoms with Crippen molar-refractivity contribution in [1.29, 1.82) is 0 Å². The predicted molar refractivity (Wildman–Crippen MR) is 164 cm³/mol. The van der Waals surface area contributed by atoms with E-state index in [-0.39, 0.29) is 29.9 Å². The van der Waals surface area contributed by atoms with Crippen molar-refractivity contribution >= 4 is 23.5 Å². The molecule has 4 atom stereocenters. The number of aryl methyl sites for hydroxylation is 1. The second-order valence-corrected chi connectivity index (χ2v) is 12.4. The van der Waals surface area contributed by atoms with Crippen molar-refractivity contribution in [3.8, 4) is 0 Å². The van der Waals surface area contributed by atoms with Gasteiger partial charge in [-0.2, -0.15) is 0 Å². The monoisotopic (exact) mass is 577 g/mol. The number of rotatable bonds is 17. The molecule has 0 aliphatic carbocycles. The summed E-state index contributed by atoms with van der Waals surface area (Å²) in [6, 6.07) is 16.9. The van der Waals surface area contributed by atoms with Gasteiger partial charge in [0.15, 0.2) is 5.78 Å². The van der Waals surface area contributed by atoms with E-state index in [0.29, 0.717) is 32.3 Å². The van der Waals surface area contributed by atoms with Crippen LogP contribution in [0.4, 0.5) is 0 Å². The van der Waals surface area contributed by atoms with Crippen LogP contribution in [0.5, 0.6) is 0 Å². The molecular weight excluding hydrogens is 530 g/mol. The molecule has 1 aliphatic rings. The third-order valence-corrected chi connectivity index (χ3v) is 7.43. The summed E-state index contributed by atoms with van der Waals surface area (Å²) in [5.74, 6) is -0.908. The first kappa shape index (κ1) is 33.0. The third-order valence-electron chi connectivity index (χ3n) is 7.43. The Hall–Kier alpha value is -3.52. The summed E-state index contributed by atoms with van der Waals surface area (Å²) >= 11 is 0. The molecule has 1 fully saturated rings. The van der Waals surface area contributed by atoms with Crippen LogP contribution < -0.4 is 16.0 Å². The van der Waals surface area contributed by atoms with Crippen molar-refractivity contribution in [3.05, 3.63) is 71.8 Å². The number of hydrogen-bond donors (Lipinski definition) is 3. The number of benzene rings is 2. The van der Waals surface area contributed by atoms with Crippen LogP contribution in [0.3, 0.4) is 0 Å². The van der Waals surface area contributed by atoms with E-state index in [0.717, 1.165) is 17.5 Å². The van der Waals surface area contributed by atoms with E-state index in [1.54, 1.807) is 6.92 Å². The van der Waals surface area contributed by atoms with Crippen LogP contribution in [0.1, 0.15) is 71.4 Å². The van der Waals surface area contributed by atoms with Gasteiger partial charge in [0.2, 0.25) is 17.7 Å². The molecular formula is C34H47N3O5. The molecule has 4 unspecified atom stereocenters. The number of carbonyl (C=O) groups is 4. The Morgan fingerprint density at radius 3 is 1.79 bits per heavy atom. The first-order valence-electron chi connectivity index (χ1n) is 15.1. The van der Waals surface area contributed by atoms with E-state index in [1.165, 1.54) is 0 Å². The Kier molecular flexibility index (Phi) is 12.3. The number of nitrogens with one attached hydrogen (secondary N) is 3. The van der Waals surface area contributed by atoms with E-state index in [1.807, 2.05) is 88.4 Å². The minimum Gasteiger partial charge on any atom is -0.361 e. The third kappa shape index (κ3) is 10.7. The Bertz CT molecular complexity index is 1180. The molecule has 0 radical (unpaired) electrons. The van der Waals surface area contributed by atoms with Crippen LogP contribution in [-0.4, -0.2) is 53.8 Å². The van der Waals surface area contributed by atoms with Gasteiger partial charge in [-0.1, -0.05) is 88.4 Å². The second kappa shape index (κ2) is 15.6. The second-order valence-electron chi connectivity index (χ2n) is 12.4. The number of Topliss-reactive ketones (excluding diaryl/α,β-unsaturated/α-hetero) is 1. The zero-order valence-electron chi connectivity index (χ0n) is 25.7. The van der Waals surface area contributed by atoms with Gasteiger partial charge in [-0.3, -0.25) is 19.2 Å². The number of carbonyl (C=O) groups excluding carboxylic acids is 4. The quantitative estimate of drug-likeness (QED) is 0.244. The summed E-state index contributed by atoms with van der Waals surface area (Å²) in [6.45, 7) is 10.0. The molecule has 2 aromatic carbocycles. The fraction of sp³-hybridized carbons (Fsp3) is 0.529. The van der Waals surface area contributed by atoms with Gasteiger partial charge in [0.1, 0.15) is 17.7 Å². The molecule has 8 heteroatoms. The number of ketones is 1. The van der Waals surface area contributed by atoms with Gasteiger partial charge in [-0.05, 0) is 55.6 Å². The summed E-state index contributed by atoms with van der Waals surface area (Å²) in [6.07, 6.45) is 2.87. The Morgan fingerprint density at radius 1 is 0.738 bits per heavy atom. The number of epoxide rings is 1. The van der Waals surface area contributed by atoms with Crippen molar-refractivity contribution in [2.75, 3.05) is 6.61 Å². The van der Waals surface area contributed by atoms with Gasteiger partial charge in [0, 0.05) is 12.8 Å². The molecule has 2 aromatic rings. The fourth-order valence-corrected chi connectivity index (χ4v) is 4.99. The lowest BCUT2D eigenvalue weighted by Crippen LogP contribution is -2.57. The standard InChI is InChI=1S/C34H47N3O5/c1-23(2)19-27(31(39)34(5)22-42-34)36-33(41)29(21-26-15-10-7-11-16-26)37-32(40)28(20-24(3)4)35-30(38)18-12-17-25-13-8-6-9-14-25/h6-11,13-16,23-24,27-29H,12,17-22H2,1-5H3,(H,35,38)(H,36,41)(H,37,40). The molecule has 3 N–H and O–H groups in total. The molecule has 3 amide bonds. The van der Waals surface area contributed by atoms with Crippen molar-refractivity contribution in [2.45, 2.75) is 96.9 Å². The number of hydrogen-bond acceptors (Lipinski definition) is 5. The van der Waals surface area contributed by atoms with E-state index < -0.39 is 35.5 Å². The van der Waals surface area contributed by atoms with Gasteiger partial charge in [0.05, 0.1) is 12.6 Å². The van der Waals surface area contributed by atoms with Crippen molar-refractivity contribution < 1.29 is 23.9 Å². The van der Waals surface area contributed by atoms with Gasteiger partial charge < -0.3 is 20.7 Å². The molecule has 42 heavy (non-hydrogen) atoms. The SMILES string of the molecule is CC(C)CC(NC(=O)CCCc1ccccc1)C(=O)NC(Cc1ccccc1)C(=O)NC(CC(C)C)C(=O)C1(C)CO1. The summed E-state index contributed by atoms with van der Waals surface area (Å²) in [5, 5.41) is 8.72. The lowest BCUT2D eigenvalue weighted by molar-refractivity contribution is -0.134. The topological polar surface area (TPSA) is 117 Å². The molecule has 0 spiro atoms. The van der Waals surface area contributed by atoms with Crippen LogP contribution >= 0.6 is 0 Å². The van der Waals surface area contributed by atoms with Gasteiger partial charge in [-0.15, -0.1) is 0 Å². The molecule has 0 saturated carbocycles. The Balaban J connectivity index is 1.71. The van der Waals surface area contributed by atoms with Crippen LogP contribution in [0.2, 0.25) is 0 Å². The maximum atomic E-state index is 13.7. The van der Waals surface area contributed by atoms with E-state index in [9.17, 15) is 19.2 Å². The summed E-state index contributed by atoms with van der Waals surface area (Å²) in [7, 11) is 0. The number of amides is 3. The maximum absolute atomic E-state index is 13.7. The average Bonchev–Trinajstić information content (AvgIpc) is 3.70. The van der Waals surface area contributed by atoms with E-state index in [2.05, 4.69) is 16.0 Å². The highest BCUT2D eigenvalue weighted by Crippen LogP contribution is 2.29. The van der Waals surface area contributed by atoms with Crippen LogP contribution in [0, 0.1) is 11.8 Å². The molecule has 8 nitrogen and oxygen atoms in total. The molecule has 0 aromatic heterocycles. The van der Waals surface area contributed by atoms with Gasteiger partial charge in [0.25, 0.3) is 0 Å². The maximum Gasteiger partial charge on any atom is 0.243 e. The first-order valence-corrected chi connectivity index (χ1v) is 15.1. The zero-order valence-corrected chi connectivity index (χ0v) is 25.7. The van der Waals surface area contributed by atoms with Gasteiger partial charge in [-0.25, -0.2) is 0 Å². The van der Waals surface area contributed by atoms with Crippen LogP contribution in [-0.2, 0) is 36.8 Å². The first-order chi connectivity index (χ1) is 20.0. The summed E-state index contributed by atoms with van der Waals surface area (Å²) in [4.78, 5) is 53.3. The average molecular weight is 578 g/mol. The van der Waals surface area contributed by atoms with Gasteiger partial charge >= 0.3 is 0 Å². The number of ether oxygens (including phenoxy) is 1. The minimum absolute atomic E-state index is 0.138. The highest BCUT2D eigenvalue weighted by atomic mass is 16.6. The fourth-order valence-electron chi connectivity index (χ4n) is 4.99. The molecule has 1 heterocycles. The summed E-state index contributed by atoms with van der Waals surface area (Å²) < 4.78 is 5.37. The smallest absolute Gasteiger partial charge is 0.243 e. The van der Waals surface area contributed by atoms with E-state index >= 15 is 0 Å². The lowest BCUT2D eigenvalue weighted by Gasteiger charge is -2.27.